The summed E-state index contributed by atoms with van der Waals surface area (Å²) in [4.78, 5) is 32.5. The van der Waals surface area contributed by atoms with Gasteiger partial charge in [-0.15, -0.1) is 0 Å². The smallest absolute Gasteiger partial charge is 0.330 e. The molecule has 2 rings (SSSR count). The first-order valence-corrected chi connectivity index (χ1v) is 7.82. The minimum absolute atomic E-state index is 0.106. The quantitative estimate of drug-likeness (QED) is 0.475. The number of aromatic nitrogens is 1. The Morgan fingerprint density at radius 3 is 2.56 bits per heavy atom. The van der Waals surface area contributed by atoms with E-state index in [4.69, 9.17) is 4.74 Å². The Bertz CT molecular complexity index is 755. The molecule has 2 aromatic rings. The van der Waals surface area contributed by atoms with Crippen LogP contribution in [0.3, 0.4) is 0 Å². The lowest BCUT2D eigenvalue weighted by atomic mass is 10.0. The van der Waals surface area contributed by atoms with Gasteiger partial charge in [-0.2, -0.15) is 0 Å². The average Bonchev–Trinajstić information content (AvgIpc) is 2.63. The van der Waals surface area contributed by atoms with Gasteiger partial charge in [0.1, 0.15) is 5.75 Å². The van der Waals surface area contributed by atoms with E-state index in [0.717, 1.165) is 5.56 Å². The normalized spacial score (nSPS) is 12.5. The number of rotatable bonds is 7. The molecule has 1 heterocycles. The number of hydrogen-bond acceptors (Lipinski definition) is 6. The average molecular weight is 340 g/mol. The van der Waals surface area contributed by atoms with Crippen molar-refractivity contribution < 1.29 is 19.4 Å². The number of methoxy groups -OCH3 is 1. The van der Waals surface area contributed by atoms with E-state index in [1.807, 2.05) is 0 Å². The number of ketones is 1. The molecule has 1 aromatic heterocycles. The third kappa shape index (κ3) is 5.53. The van der Waals surface area contributed by atoms with Crippen molar-refractivity contribution in [2.24, 2.45) is 4.99 Å². The van der Waals surface area contributed by atoms with Gasteiger partial charge in [-0.1, -0.05) is 12.1 Å². The van der Waals surface area contributed by atoms with Gasteiger partial charge in [0.15, 0.2) is 11.8 Å². The maximum atomic E-state index is 12.2. The standard InChI is InChI=1S/C19H20N2O4/c1-13(10-18(23)15-4-3-9-20-12-15)21-17(19(24)25-2)11-14-5-7-16(22)8-6-14/h3-9,12,17,22H,10-11H2,1-2H3. The maximum Gasteiger partial charge on any atom is 0.330 e. The molecular weight excluding hydrogens is 320 g/mol. The number of phenolic OH excluding ortho intramolecular Hbond substituents is 1. The minimum atomic E-state index is -0.740. The number of aromatic hydroxyl groups is 1. The number of carbonyl (C=O) groups excluding carboxylic acids is 2. The van der Waals surface area contributed by atoms with Gasteiger partial charge in [0, 0.05) is 36.5 Å². The highest BCUT2D eigenvalue weighted by Crippen LogP contribution is 2.14. The van der Waals surface area contributed by atoms with E-state index in [0.29, 0.717) is 17.7 Å². The lowest BCUT2D eigenvalue weighted by Gasteiger charge is -2.12. The van der Waals surface area contributed by atoms with Crippen molar-refractivity contribution in [2.45, 2.75) is 25.8 Å². The van der Waals surface area contributed by atoms with Gasteiger partial charge in [0.25, 0.3) is 0 Å². The summed E-state index contributed by atoms with van der Waals surface area (Å²) < 4.78 is 4.81. The number of nitrogens with zero attached hydrogens (tertiary/aromatic N) is 2. The van der Waals surface area contributed by atoms with Crippen LogP contribution in [0.5, 0.6) is 5.75 Å². The van der Waals surface area contributed by atoms with Gasteiger partial charge < -0.3 is 9.84 Å². The first kappa shape index (κ1) is 18.3. The lowest BCUT2D eigenvalue weighted by molar-refractivity contribution is -0.142. The molecule has 0 saturated heterocycles. The number of ether oxygens (including phenoxy) is 1. The summed E-state index contributed by atoms with van der Waals surface area (Å²) in [5.74, 6) is -0.427. The van der Waals surface area contributed by atoms with Crippen LogP contribution in [0.1, 0.15) is 29.3 Å². The predicted octanol–water partition coefficient (Wildman–Crippen LogP) is 2.61. The third-order valence-electron chi connectivity index (χ3n) is 3.61. The Morgan fingerprint density at radius 2 is 1.96 bits per heavy atom. The summed E-state index contributed by atoms with van der Waals surface area (Å²) in [6, 6.07) is 9.18. The number of esters is 1. The molecule has 0 saturated carbocycles. The summed E-state index contributed by atoms with van der Waals surface area (Å²) in [6.07, 6.45) is 3.53. The van der Waals surface area contributed by atoms with E-state index in [1.165, 1.54) is 13.3 Å². The van der Waals surface area contributed by atoms with Crippen LogP contribution in [0.25, 0.3) is 0 Å². The van der Waals surface area contributed by atoms with Crippen molar-refractivity contribution in [3.05, 3.63) is 59.9 Å². The fraction of sp³-hybridized carbons (Fsp3) is 0.263. The molecule has 6 nitrogen and oxygen atoms in total. The molecule has 0 bridgehead atoms. The van der Waals surface area contributed by atoms with E-state index in [9.17, 15) is 14.7 Å². The number of carbonyl (C=O) groups is 2. The van der Waals surface area contributed by atoms with Crippen LogP contribution in [-0.4, -0.2) is 40.7 Å². The SMILES string of the molecule is COC(=O)C(Cc1ccc(O)cc1)N=C(C)CC(=O)c1cccnc1. The largest absolute Gasteiger partial charge is 0.508 e. The number of pyridine rings is 1. The monoisotopic (exact) mass is 340 g/mol. The number of aliphatic imine (C=N–C) groups is 1. The number of phenols is 1. The van der Waals surface area contributed by atoms with Crippen molar-refractivity contribution in [1.82, 2.24) is 4.98 Å². The Hall–Kier alpha value is -3.02. The number of hydrogen-bond donors (Lipinski definition) is 1. The van der Waals surface area contributed by atoms with Crippen LogP contribution < -0.4 is 0 Å². The molecule has 25 heavy (non-hydrogen) atoms. The number of benzene rings is 1. The van der Waals surface area contributed by atoms with E-state index in [-0.39, 0.29) is 18.0 Å². The summed E-state index contributed by atoms with van der Waals surface area (Å²) in [5.41, 5.74) is 1.89. The van der Waals surface area contributed by atoms with Crippen LogP contribution in [0.4, 0.5) is 0 Å². The molecule has 1 N–H and O–H groups in total. The van der Waals surface area contributed by atoms with Crippen molar-refractivity contribution in [3.63, 3.8) is 0 Å². The molecule has 6 heteroatoms. The fourth-order valence-electron chi connectivity index (χ4n) is 2.35. The zero-order chi connectivity index (χ0) is 18.2. The van der Waals surface area contributed by atoms with Crippen LogP contribution in [0.15, 0.2) is 53.8 Å². The Labute approximate surface area is 146 Å². The summed E-state index contributed by atoms with van der Waals surface area (Å²) in [6.45, 7) is 1.71. The number of Topliss-reactive ketones (excluding diaryl/α,β-unsaturated/α-hetero) is 1. The topological polar surface area (TPSA) is 88.9 Å². The highest BCUT2D eigenvalue weighted by molar-refractivity contribution is 6.09. The lowest BCUT2D eigenvalue weighted by Crippen LogP contribution is -2.24. The molecule has 0 aliphatic heterocycles. The highest BCUT2D eigenvalue weighted by Gasteiger charge is 2.19. The third-order valence-corrected chi connectivity index (χ3v) is 3.61. The molecular formula is C19H20N2O4. The highest BCUT2D eigenvalue weighted by atomic mass is 16.5. The minimum Gasteiger partial charge on any atom is -0.508 e. The van der Waals surface area contributed by atoms with Crippen LogP contribution in [-0.2, 0) is 16.0 Å². The second kappa shape index (κ2) is 8.73. The molecule has 0 fully saturated rings. The molecule has 0 aliphatic carbocycles. The molecule has 0 aliphatic rings. The Balaban J connectivity index is 2.11. The van der Waals surface area contributed by atoms with Gasteiger partial charge in [0.2, 0.25) is 0 Å². The van der Waals surface area contributed by atoms with E-state index in [1.54, 1.807) is 49.5 Å². The zero-order valence-electron chi connectivity index (χ0n) is 14.2. The molecule has 130 valence electrons. The molecule has 0 spiro atoms. The van der Waals surface area contributed by atoms with Crippen LogP contribution in [0.2, 0.25) is 0 Å². The Morgan fingerprint density at radius 1 is 1.24 bits per heavy atom. The first-order chi connectivity index (χ1) is 12.0. The van der Waals surface area contributed by atoms with Crippen LogP contribution in [0, 0.1) is 0 Å². The molecule has 0 radical (unpaired) electrons. The van der Waals surface area contributed by atoms with E-state index in [2.05, 4.69) is 9.98 Å². The Kier molecular flexibility index (Phi) is 6.39. The summed E-state index contributed by atoms with van der Waals surface area (Å²) in [5, 5.41) is 9.34. The van der Waals surface area contributed by atoms with E-state index < -0.39 is 12.0 Å². The van der Waals surface area contributed by atoms with Gasteiger partial charge in [-0.3, -0.25) is 14.8 Å². The van der Waals surface area contributed by atoms with Gasteiger partial charge in [0.05, 0.1) is 7.11 Å². The molecule has 0 amide bonds. The maximum absolute atomic E-state index is 12.2. The van der Waals surface area contributed by atoms with Crippen LogP contribution >= 0.6 is 0 Å². The van der Waals surface area contributed by atoms with Gasteiger partial charge in [-0.25, -0.2) is 4.79 Å². The summed E-state index contributed by atoms with van der Waals surface area (Å²) >= 11 is 0. The summed E-state index contributed by atoms with van der Waals surface area (Å²) in [7, 11) is 1.30. The molecule has 1 atom stereocenters. The molecule has 1 aromatic carbocycles. The van der Waals surface area contributed by atoms with Crippen molar-refractivity contribution in [2.75, 3.05) is 7.11 Å². The van der Waals surface area contributed by atoms with Crippen molar-refractivity contribution in [3.8, 4) is 5.75 Å². The van der Waals surface area contributed by atoms with Gasteiger partial charge >= 0.3 is 5.97 Å². The molecule has 1 unspecified atom stereocenters. The van der Waals surface area contributed by atoms with Crippen molar-refractivity contribution in [1.29, 1.82) is 0 Å². The van der Waals surface area contributed by atoms with Gasteiger partial charge in [-0.05, 0) is 36.8 Å². The fourth-order valence-corrected chi connectivity index (χ4v) is 2.35. The second-order valence-electron chi connectivity index (χ2n) is 5.62. The van der Waals surface area contributed by atoms with Crippen molar-refractivity contribution >= 4 is 17.5 Å². The second-order valence-corrected chi connectivity index (χ2v) is 5.62. The van der Waals surface area contributed by atoms with E-state index >= 15 is 0 Å². The first-order valence-electron chi connectivity index (χ1n) is 7.82. The predicted molar refractivity (Wildman–Crippen MR) is 93.9 cm³/mol. The zero-order valence-corrected chi connectivity index (χ0v) is 14.2.